The molecule has 0 aromatic heterocycles. The molecular weight excluding hydrogens is 319 g/mol. The molecule has 112 valence electrons. The van der Waals surface area contributed by atoms with Crippen LogP contribution in [0.4, 0.5) is 8.78 Å². The van der Waals surface area contributed by atoms with Crippen LogP contribution in [0.25, 0.3) is 0 Å². The lowest BCUT2D eigenvalue weighted by molar-refractivity contribution is 0.414. The Kier molecular flexibility index (Phi) is 5.04. The summed E-state index contributed by atoms with van der Waals surface area (Å²) in [5.41, 5.74) is 0.690. The molecule has 2 nitrogen and oxygen atoms in total. The molecule has 21 heavy (non-hydrogen) atoms. The van der Waals surface area contributed by atoms with Crippen LogP contribution in [0.15, 0.2) is 30.3 Å². The van der Waals surface area contributed by atoms with Crippen molar-refractivity contribution in [1.82, 2.24) is 5.32 Å². The van der Waals surface area contributed by atoms with Crippen molar-refractivity contribution in [2.24, 2.45) is 0 Å². The third-order valence-electron chi connectivity index (χ3n) is 3.16. The first kappa shape index (κ1) is 16.0. The van der Waals surface area contributed by atoms with E-state index in [1.807, 2.05) is 0 Å². The van der Waals surface area contributed by atoms with Crippen molar-refractivity contribution in [3.63, 3.8) is 0 Å². The molecule has 0 heterocycles. The van der Waals surface area contributed by atoms with Crippen molar-refractivity contribution >= 4 is 23.2 Å². The van der Waals surface area contributed by atoms with E-state index in [2.05, 4.69) is 5.32 Å². The van der Waals surface area contributed by atoms with Crippen molar-refractivity contribution in [1.29, 1.82) is 0 Å². The Balaban J connectivity index is 2.57. The van der Waals surface area contributed by atoms with Gasteiger partial charge in [-0.2, -0.15) is 0 Å². The number of rotatable bonds is 4. The maximum atomic E-state index is 14.0. The van der Waals surface area contributed by atoms with Gasteiger partial charge in [0.25, 0.3) is 0 Å². The SMILES string of the molecule is CNC(c1cc(Cl)c(OC)cc1Cl)c1cccc(F)c1F. The van der Waals surface area contributed by atoms with Gasteiger partial charge in [-0.1, -0.05) is 35.3 Å². The van der Waals surface area contributed by atoms with Crippen LogP contribution in [-0.2, 0) is 0 Å². The maximum Gasteiger partial charge on any atom is 0.163 e. The maximum absolute atomic E-state index is 14.0. The molecule has 0 bridgehead atoms. The monoisotopic (exact) mass is 331 g/mol. The minimum Gasteiger partial charge on any atom is -0.495 e. The van der Waals surface area contributed by atoms with Crippen molar-refractivity contribution in [3.8, 4) is 5.75 Å². The number of benzene rings is 2. The van der Waals surface area contributed by atoms with Crippen molar-refractivity contribution < 1.29 is 13.5 Å². The molecule has 0 spiro atoms. The minimum atomic E-state index is -0.917. The van der Waals surface area contributed by atoms with Gasteiger partial charge in [0.05, 0.1) is 18.2 Å². The average molecular weight is 332 g/mol. The zero-order valence-corrected chi connectivity index (χ0v) is 12.9. The fourth-order valence-corrected chi connectivity index (χ4v) is 2.66. The van der Waals surface area contributed by atoms with E-state index in [4.69, 9.17) is 27.9 Å². The van der Waals surface area contributed by atoms with E-state index in [1.54, 1.807) is 19.2 Å². The standard InChI is InChI=1S/C15H13Cl2F2NO/c1-20-15(8-4-3-5-12(18)14(8)19)9-6-11(17)13(21-2)7-10(9)16/h3-7,15,20H,1-2H3. The molecule has 0 amide bonds. The molecule has 0 fully saturated rings. The van der Waals surface area contributed by atoms with Crippen molar-refractivity contribution in [2.75, 3.05) is 14.2 Å². The van der Waals surface area contributed by atoms with Gasteiger partial charge in [0, 0.05) is 16.7 Å². The van der Waals surface area contributed by atoms with Crippen LogP contribution >= 0.6 is 23.2 Å². The molecule has 0 saturated heterocycles. The van der Waals surface area contributed by atoms with Crippen LogP contribution in [-0.4, -0.2) is 14.2 Å². The predicted molar refractivity (Wildman–Crippen MR) is 80.3 cm³/mol. The van der Waals surface area contributed by atoms with Crippen LogP contribution in [0.2, 0.25) is 10.0 Å². The molecule has 6 heteroatoms. The normalized spacial score (nSPS) is 12.3. The molecule has 1 N–H and O–H groups in total. The number of ether oxygens (including phenoxy) is 1. The molecule has 2 rings (SSSR count). The topological polar surface area (TPSA) is 21.3 Å². The zero-order chi connectivity index (χ0) is 15.6. The summed E-state index contributed by atoms with van der Waals surface area (Å²) in [6.07, 6.45) is 0. The fourth-order valence-electron chi connectivity index (χ4n) is 2.14. The third kappa shape index (κ3) is 3.12. The molecule has 1 unspecified atom stereocenters. The molecule has 2 aromatic carbocycles. The molecular formula is C15H13Cl2F2NO. The summed E-state index contributed by atoms with van der Waals surface area (Å²) in [6, 6.07) is 6.49. The lowest BCUT2D eigenvalue weighted by Gasteiger charge is -2.20. The van der Waals surface area contributed by atoms with Gasteiger partial charge in [-0.05, 0) is 24.7 Å². The molecule has 0 aliphatic carbocycles. The minimum absolute atomic E-state index is 0.153. The number of hydrogen-bond donors (Lipinski definition) is 1. The summed E-state index contributed by atoms with van der Waals surface area (Å²) in [4.78, 5) is 0. The Bertz CT molecular complexity index is 664. The predicted octanol–water partition coefficient (Wildman–Crippen LogP) is 4.59. The smallest absolute Gasteiger partial charge is 0.163 e. The van der Waals surface area contributed by atoms with Crippen LogP contribution in [0.1, 0.15) is 17.2 Å². The summed E-state index contributed by atoms with van der Waals surface area (Å²) in [5.74, 6) is -1.41. The molecule has 2 aromatic rings. The molecule has 0 saturated carbocycles. The summed E-state index contributed by atoms with van der Waals surface area (Å²) in [7, 11) is 3.10. The van der Waals surface area contributed by atoms with Crippen LogP contribution in [0.3, 0.4) is 0 Å². The van der Waals surface area contributed by atoms with Gasteiger partial charge in [-0.3, -0.25) is 0 Å². The van der Waals surface area contributed by atoms with Gasteiger partial charge in [-0.25, -0.2) is 8.78 Å². The largest absolute Gasteiger partial charge is 0.495 e. The summed E-state index contributed by atoms with van der Waals surface area (Å²) in [6.45, 7) is 0. The van der Waals surface area contributed by atoms with E-state index >= 15 is 0 Å². The van der Waals surface area contributed by atoms with Gasteiger partial charge < -0.3 is 10.1 Å². The van der Waals surface area contributed by atoms with Gasteiger partial charge in [0.1, 0.15) is 5.75 Å². The number of nitrogens with one attached hydrogen (secondary N) is 1. The quantitative estimate of drug-likeness (QED) is 0.884. The average Bonchev–Trinajstić information content (AvgIpc) is 2.47. The number of hydrogen-bond acceptors (Lipinski definition) is 2. The second-order valence-corrected chi connectivity index (χ2v) is 5.19. The van der Waals surface area contributed by atoms with Gasteiger partial charge in [0.15, 0.2) is 11.6 Å². The Morgan fingerprint density at radius 3 is 2.43 bits per heavy atom. The van der Waals surface area contributed by atoms with E-state index in [0.29, 0.717) is 21.4 Å². The van der Waals surface area contributed by atoms with Gasteiger partial charge in [-0.15, -0.1) is 0 Å². The highest BCUT2D eigenvalue weighted by molar-refractivity contribution is 6.34. The number of halogens is 4. The highest BCUT2D eigenvalue weighted by Crippen LogP contribution is 2.36. The second kappa shape index (κ2) is 6.60. The fraction of sp³-hybridized carbons (Fsp3) is 0.200. The highest BCUT2D eigenvalue weighted by Gasteiger charge is 2.22. The zero-order valence-electron chi connectivity index (χ0n) is 11.4. The Hall–Kier alpha value is -1.36. The first-order chi connectivity index (χ1) is 9.99. The van der Waals surface area contributed by atoms with Crippen LogP contribution < -0.4 is 10.1 Å². The number of methoxy groups -OCH3 is 1. The van der Waals surface area contributed by atoms with E-state index in [1.165, 1.54) is 19.2 Å². The van der Waals surface area contributed by atoms with E-state index in [-0.39, 0.29) is 5.56 Å². The van der Waals surface area contributed by atoms with E-state index < -0.39 is 17.7 Å². The van der Waals surface area contributed by atoms with E-state index in [0.717, 1.165) is 6.07 Å². The van der Waals surface area contributed by atoms with Crippen molar-refractivity contribution in [3.05, 3.63) is 63.1 Å². The highest BCUT2D eigenvalue weighted by atomic mass is 35.5. The lowest BCUT2D eigenvalue weighted by Crippen LogP contribution is -2.20. The van der Waals surface area contributed by atoms with Crippen LogP contribution in [0, 0.1) is 11.6 Å². The van der Waals surface area contributed by atoms with Crippen LogP contribution in [0.5, 0.6) is 5.75 Å². The Labute approximate surface area is 131 Å². The Morgan fingerprint density at radius 2 is 1.81 bits per heavy atom. The molecule has 0 aliphatic heterocycles. The first-order valence-corrected chi connectivity index (χ1v) is 6.89. The second-order valence-electron chi connectivity index (χ2n) is 4.37. The van der Waals surface area contributed by atoms with Gasteiger partial charge in [0.2, 0.25) is 0 Å². The Morgan fingerprint density at radius 1 is 1.10 bits per heavy atom. The first-order valence-electron chi connectivity index (χ1n) is 6.13. The third-order valence-corrected chi connectivity index (χ3v) is 3.79. The lowest BCUT2D eigenvalue weighted by atomic mass is 9.98. The van der Waals surface area contributed by atoms with Crippen molar-refractivity contribution in [2.45, 2.75) is 6.04 Å². The molecule has 0 aliphatic rings. The summed E-state index contributed by atoms with van der Waals surface area (Å²) >= 11 is 12.3. The summed E-state index contributed by atoms with van der Waals surface area (Å²) < 4.78 is 32.5. The molecule has 0 radical (unpaired) electrons. The van der Waals surface area contributed by atoms with E-state index in [9.17, 15) is 8.78 Å². The molecule has 1 atom stereocenters. The summed E-state index contributed by atoms with van der Waals surface area (Å²) in [5, 5.41) is 3.61. The van der Waals surface area contributed by atoms with Gasteiger partial charge >= 0.3 is 0 Å².